The van der Waals surface area contributed by atoms with Crippen molar-refractivity contribution in [2.75, 3.05) is 26.2 Å². The molecule has 35 heavy (non-hydrogen) atoms. The van der Waals surface area contributed by atoms with Crippen LogP contribution in [0.25, 0.3) is 11.1 Å². The van der Waals surface area contributed by atoms with Crippen LogP contribution in [0.1, 0.15) is 32.8 Å². The van der Waals surface area contributed by atoms with Crippen molar-refractivity contribution in [3.05, 3.63) is 76.2 Å². The molecule has 0 aliphatic carbocycles. The van der Waals surface area contributed by atoms with Gasteiger partial charge < -0.3 is 15.1 Å². The molecular formula is C25H23F3N4O2S. The normalized spacial score (nSPS) is 18.5. The fourth-order valence-corrected chi connectivity index (χ4v) is 5.01. The number of carbonyl (C=O) groups is 2. The van der Waals surface area contributed by atoms with Crippen LogP contribution in [0.3, 0.4) is 0 Å². The summed E-state index contributed by atoms with van der Waals surface area (Å²) in [5.74, 6) is -0.116. The molecule has 10 heteroatoms. The zero-order valence-electron chi connectivity index (χ0n) is 18.7. The first-order valence-corrected chi connectivity index (χ1v) is 12.2. The summed E-state index contributed by atoms with van der Waals surface area (Å²) < 4.78 is 38.3. The maximum atomic E-state index is 12.8. The van der Waals surface area contributed by atoms with Gasteiger partial charge in [-0.05, 0) is 41.8 Å². The number of aromatic nitrogens is 1. The number of carbonyl (C=O) groups excluding carboxylic acids is 2. The highest BCUT2D eigenvalue weighted by atomic mass is 32.1. The van der Waals surface area contributed by atoms with E-state index in [2.05, 4.69) is 10.3 Å². The van der Waals surface area contributed by atoms with Crippen molar-refractivity contribution in [1.29, 1.82) is 0 Å². The number of halogens is 3. The van der Waals surface area contributed by atoms with Crippen LogP contribution in [0.4, 0.5) is 13.2 Å². The zero-order chi connectivity index (χ0) is 24.6. The summed E-state index contributed by atoms with van der Waals surface area (Å²) in [5, 5.41) is 5.30. The van der Waals surface area contributed by atoms with Crippen molar-refractivity contribution in [1.82, 2.24) is 20.1 Å². The van der Waals surface area contributed by atoms with E-state index in [1.165, 1.54) is 23.5 Å². The van der Waals surface area contributed by atoms with Gasteiger partial charge in [0.05, 0.1) is 11.1 Å². The number of thiazole rings is 1. The zero-order valence-corrected chi connectivity index (χ0v) is 19.5. The molecule has 2 fully saturated rings. The molecule has 2 saturated heterocycles. The van der Waals surface area contributed by atoms with Gasteiger partial charge in [0.1, 0.15) is 5.69 Å². The second kappa shape index (κ2) is 9.43. The molecule has 3 heterocycles. The first-order valence-electron chi connectivity index (χ1n) is 11.3. The third-order valence-corrected chi connectivity index (χ3v) is 7.03. The number of nitrogens with one attached hydrogen (secondary N) is 1. The van der Waals surface area contributed by atoms with Crippen molar-refractivity contribution >= 4 is 23.2 Å². The topological polar surface area (TPSA) is 65.5 Å². The summed E-state index contributed by atoms with van der Waals surface area (Å²) in [4.78, 5) is 32.9. The van der Waals surface area contributed by atoms with E-state index in [0.29, 0.717) is 43.0 Å². The minimum absolute atomic E-state index is 0.0410. The van der Waals surface area contributed by atoms with Gasteiger partial charge in [-0.3, -0.25) is 9.59 Å². The Morgan fingerprint density at radius 1 is 0.886 bits per heavy atom. The molecule has 1 aromatic heterocycles. The smallest absolute Gasteiger partial charge is 0.336 e. The Labute approximate surface area is 204 Å². The number of hydrogen-bond donors (Lipinski definition) is 1. The second-order valence-electron chi connectivity index (χ2n) is 8.84. The van der Waals surface area contributed by atoms with E-state index in [-0.39, 0.29) is 23.9 Å². The third-order valence-electron chi connectivity index (χ3n) is 6.44. The fraction of sp³-hybridized carbons (Fsp3) is 0.320. The molecule has 2 amide bonds. The van der Waals surface area contributed by atoms with Crippen LogP contribution in [0, 0.1) is 0 Å². The predicted octanol–water partition coefficient (Wildman–Crippen LogP) is 4.16. The molecule has 2 aliphatic rings. The predicted molar refractivity (Wildman–Crippen MR) is 126 cm³/mol. The van der Waals surface area contributed by atoms with Crippen molar-refractivity contribution in [3.8, 4) is 11.1 Å². The fourth-order valence-electron chi connectivity index (χ4n) is 4.48. The van der Waals surface area contributed by atoms with Gasteiger partial charge in [0, 0.05) is 49.2 Å². The van der Waals surface area contributed by atoms with Crippen molar-refractivity contribution in [3.63, 3.8) is 0 Å². The van der Waals surface area contributed by atoms with E-state index in [1.807, 2.05) is 4.90 Å². The number of likely N-dealkylation sites (tertiary alicyclic amines) is 2. The first kappa shape index (κ1) is 23.5. The van der Waals surface area contributed by atoms with E-state index in [9.17, 15) is 22.8 Å². The van der Waals surface area contributed by atoms with Gasteiger partial charge in [-0.15, -0.1) is 11.3 Å². The van der Waals surface area contributed by atoms with E-state index < -0.39 is 11.7 Å². The molecule has 1 atom stereocenters. The maximum Gasteiger partial charge on any atom is 0.416 e. The van der Waals surface area contributed by atoms with Crippen molar-refractivity contribution in [2.24, 2.45) is 0 Å². The van der Waals surface area contributed by atoms with E-state index in [0.717, 1.165) is 24.1 Å². The molecule has 0 saturated carbocycles. The summed E-state index contributed by atoms with van der Waals surface area (Å²) in [7, 11) is 0. The monoisotopic (exact) mass is 500 g/mol. The van der Waals surface area contributed by atoms with Crippen LogP contribution < -0.4 is 5.32 Å². The van der Waals surface area contributed by atoms with E-state index >= 15 is 0 Å². The highest BCUT2D eigenvalue weighted by Crippen LogP contribution is 2.31. The van der Waals surface area contributed by atoms with Gasteiger partial charge in [0.25, 0.3) is 11.8 Å². The highest BCUT2D eigenvalue weighted by Gasteiger charge is 2.35. The number of rotatable bonds is 5. The standard InChI is InChI=1S/C25H23F3N4O2S/c26-25(27,28)19-7-5-17(6-8-19)16-1-3-18(4-2-16)23(33)32-12-21(13-32)30-20-9-10-31(11-20)24(34)22-14-35-15-29-22/h1-8,14-15,20-21,30H,9-13H2/t20-/m0/s1. The Hall–Kier alpha value is -3.24. The number of nitrogens with zero attached hydrogens (tertiary/aromatic N) is 3. The van der Waals surface area contributed by atoms with Crippen molar-refractivity contribution < 1.29 is 22.8 Å². The van der Waals surface area contributed by atoms with E-state index in [1.54, 1.807) is 40.1 Å². The lowest BCUT2D eigenvalue weighted by atomic mass is 10.0. The molecule has 6 nitrogen and oxygen atoms in total. The van der Waals surface area contributed by atoms with Crippen LogP contribution in [0.2, 0.25) is 0 Å². The van der Waals surface area contributed by atoms with Gasteiger partial charge in [-0.1, -0.05) is 24.3 Å². The number of benzene rings is 2. The van der Waals surface area contributed by atoms with Gasteiger partial charge in [0.2, 0.25) is 0 Å². The summed E-state index contributed by atoms with van der Waals surface area (Å²) in [6.45, 7) is 2.51. The molecular weight excluding hydrogens is 477 g/mol. The molecule has 2 aliphatic heterocycles. The molecule has 2 aromatic carbocycles. The Morgan fingerprint density at radius 2 is 1.51 bits per heavy atom. The van der Waals surface area contributed by atoms with Gasteiger partial charge >= 0.3 is 6.18 Å². The van der Waals surface area contributed by atoms with Crippen LogP contribution in [-0.4, -0.2) is 64.9 Å². The molecule has 0 bridgehead atoms. The summed E-state index contributed by atoms with van der Waals surface area (Å²) in [6.07, 6.45) is -3.50. The average Bonchev–Trinajstić information content (AvgIpc) is 3.53. The van der Waals surface area contributed by atoms with Crippen LogP contribution in [0.15, 0.2) is 59.4 Å². The van der Waals surface area contributed by atoms with Crippen LogP contribution in [-0.2, 0) is 6.18 Å². The minimum atomic E-state index is -4.37. The molecule has 1 N–H and O–H groups in total. The average molecular weight is 501 g/mol. The summed E-state index contributed by atoms with van der Waals surface area (Å²) in [6, 6.07) is 12.3. The highest BCUT2D eigenvalue weighted by molar-refractivity contribution is 7.07. The molecule has 182 valence electrons. The molecule has 0 unspecified atom stereocenters. The van der Waals surface area contributed by atoms with Crippen LogP contribution in [0.5, 0.6) is 0 Å². The summed E-state index contributed by atoms with van der Waals surface area (Å²) >= 11 is 1.40. The minimum Gasteiger partial charge on any atom is -0.336 e. The molecule has 3 aromatic rings. The SMILES string of the molecule is O=C(c1ccc(-c2ccc(C(F)(F)F)cc2)cc1)N1CC(N[C@H]2CCN(C(=O)c3cscn3)C2)C1. The van der Waals surface area contributed by atoms with Gasteiger partial charge in [-0.2, -0.15) is 13.2 Å². The lowest BCUT2D eigenvalue weighted by Gasteiger charge is -2.41. The van der Waals surface area contributed by atoms with Gasteiger partial charge in [0.15, 0.2) is 0 Å². The van der Waals surface area contributed by atoms with Crippen molar-refractivity contribution in [2.45, 2.75) is 24.7 Å². The largest absolute Gasteiger partial charge is 0.416 e. The lowest BCUT2D eigenvalue weighted by molar-refractivity contribution is -0.137. The number of hydrogen-bond acceptors (Lipinski definition) is 5. The summed E-state index contributed by atoms with van der Waals surface area (Å²) in [5.41, 5.74) is 3.40. The number of amides is 2. The first-order chi connectivity index (χ1) is 16.8. The Morgan fingerprint density at radius 3 is 2.11 bits per heavy atom. The number of alkyl halides is 3. The third kappa shape index (κ3) is 5.08. The quantitative estimate of drug-likeness (QED) is 0.572. The Kier molecular flexibility index (Phi) is 6.33. The lowest BCUT2D eigenvalue weighted by Crippen LogP contribution is -2.62. The molecule has 0 spiro atoms. The Bertz CT molecular complexity index is 1190. The van der Waals surface area contributed by atoms with Gasteiger partial charge in [-0.25, -0.2) is 4.98 Å². The maximum absolute atomic E-state index is 12.8. The van der Waals surface area contributed by atoms with E-state index in [4.69, 9.17) is 0 Å². The molecule has 0 radical (unpaired) electrons. The second-order valence-corrected chi connectivity index (χ2v) is 9.56. The van der Waals surface area contributed by atoms with Crippen LogP contribution >= 0.6 is 11.3 Å². The Balaban J connectivity index is 1.11. The molecule has 5 rings (SSSR count).